The van der Waals surface area contributed by atoms with E-state index in [1.807, 2.05) is 0 Å². The van der Waals surface area contributed by atoms with E-state index >= 15 is 0 Å². The maximum absolute atomic E-state index is 5.67. The summed E-state index contributed by atoms with van der Waals surface area (Å²) in [6, 6.07) is 8.51. The standard InChI is InChI=1S/C14H16N4S2/c1-2-18-13(7-15)16-17-14(18)20-9-10-8-19-12-6-4-3-5-11(10)12/h3-6,8H,2,7,9,15H2,1H3. The number of benzene rings is 1. The van der Waals surface area contributed by atoms with Gasteiger partial charge in [-0.25, -0.2) is 0 Å². The van der Waals surface area contributed by atoms with Crippen LogP contribution in [-0.2, 0) is 18.8 Å². The number of nitrogens with zero attached hydrogens (tertiary/aromatic N) is 3. The third kappa shape index (κ3) is 2.46. The molecule has 0 spiro atoms. The molecule has 1 aromatic carbocycles. The molecule has 3 aromatic rings. The summed E-state index contributed by atoms with van der Waals surface area (Å²) in [7, 11) is 0. The minimum absolute atomic E-state index is 0.433. The number of hydrogen-bond acceptors (Lipinski definition) is 5. The first-order valence-corrected chi connectivity index (χ1v) is 8.40. The van der Waals surface area contributed by atoms with Crippen LogP contribution in [0.15, 0.2) is 34.8 Å². The number of hydrogen-bond donors (Lipinski definition) is 1. The fraction of sp³-hybridized carbons (Fsp3) is 0.286. The zero-order chi connectivity index (χ0) is 13.9. The molecule has 0 saturated heterocycles. The highest BCUT2D eigenvalue weighted by Gasteiger charge is 2.11. The number of nitrogens with two attached hydrogens (primary N) is 1. The topological polar surface area (TPSA) is 56.7 Å². The van der Waals surface area contributed by atoms with Gasteiger partial charge < -0.3 is 10.3 Å². The normalized spacial score (nSPS) is 11.3. The molecule has 2 heterocycles. The van der Waals surface area contributed by atoms with E-state index < -0.39 is 0 Å². The summed E-state index contributed by atoms with van der Waals surface area (Å²) in [5, 5.41) is 12.9. The Morgan fingerprint density at radius 3 is 2.95 bits per heavy atom. The van der Waals surface area contributed by atoms with Gasteiger partial charge in [-0.2, -0.15) is 0 Å². The van der Waals surface area contributed by atoms with Crippen molar-refractivity contribution in [3.8, 4) is 0 Å². The first kappa shape index (κ1) is 13.6. The first-order valence-electron chi connectivity index (χ1n) is 6.53. The van der Waals surface area contributed by atoms with Crippen LogP contribution in [0.1, 0.15) is 18.3 Å². The van der Waals surface area contributed by atoms with Crippen LogP contribution >= 0.6 is 23.1 Å². The molecule has 0 aliphatic rings. The van der Waals surface area contributed by atoms with Crippen molar-refractivity contribution in [2.45, 2.75) is 30.9 Å². The summed E-state index contributed by atoms with van der Waals surface area (Å²) >= 11 is 3.51. The summed E-state index contributed by atoms with van der Waals surface area (Å²) in [6.45, 7) is 3.38. The Labute approximate surface area is 126 Å². The predicted octanol–water partition coefficient (Wildman–Crippen LogP) is 3.26. The highest BCUT2D eigenvalue weighted by Crippen LogP contribution is 2.30. The Morgan fingerprint density at radius 2 is 2.15 bits per heavy atom. The van der Waals surface area contributed by atoms with Crippen molar-refractivity contribution in [2.75, 3.05) is 0 Å². The van der Waals surface area contributed by atoms with Crippen molar-refractivity contribution in [3.63, 3.8) is 0 Å². The molecule has 2 aromatic heterocycles. The first-order chi connectivity index (χ1) is 9.83. The molecule has 0 saturated carbocycles. The number of thiophene rings is 1. The molecule has 0 aliphatic heterocycles. The van der Waals surface area contributed by atoms with E-state index in [9.17, 15) is 0 Å². The summed E-state index contributed by atoms with van der Waals surface area (Å²) in [5.74, 6) is 1.76. The average molecular weight is 304 g/mol. The van der Waals surface area contributed by atoms with Gasteiger partial charge in [0.15, 0.2) is 5.16 Å². The lowest BCUT2D eigenvalue weighted by molar-refractivity contribution is 0.643. The van der Waals surface area contributed by atoms with Crippen molar-refractivity contribution in [2.24, 2.45) is 5.73 Å². The highest BCUT2D eigenvalue weighted by atomic mass is 32.2. The van der Waals surface area contributed by atoms with Crippen LogP contribution in [0.2, 0.25) is 0 Å². The van der Waals surface area contributed by atoms with Gasteiger partial charge in [-0.3, -0.25) is 0 Å². The largest absolute Gasteiger partial charge is 0.324 e. The van der Waals surface area contributed by atoms with Crippen LogP contribution in [0.4, 0.5) is 0 Å². The molecule has 0 unspecified atom stereocenters. The third-order valence-electron chi connectivity index (χ3n) is 3.21. The van der Waals surface area contributed by atoms with Crippen molar-refractivity contribution < 1.29 is 0 Å². The van der Waals surface area contributed by atoms with Gasteiger partial charge in [0.05, 0.1) is 6.54 Å². The minimum Gasteiger partial charge on any atom is -0.324 e. The summed E-state index contributed by atoms with van der Waals surface area (Å²) in [6.07, 6.45) is 0. The van der Waals surface area contributed by atoms with Gasteiger partial charge in [0, 0.05) is 17.0 Å². The van der Waals surface area contributed by atoms with Crippen LogP contribution in [0.5, 0.6) is 0 Å². The maximum Gasteiger partial charge on any atom is 0.191 e. The SMILES string of the molecule is CCn1c(CN)nnc1SCc1csc2ccccc12. The molecule has 0 radical (unpaired) electrons. The molecule has 0 aliphatic carbocycles. The molecule has 3 rings (SSSR count). The number of thioether (sulfide) groups is 1. The van der Waals surface area contributed by atoms with E-state index in [1.54, 1.807) is 23.1 Å². The highest BCUT2D eigenvalue weighted by molar-refractivity contribution is 7.98. The van der Waals surface area contributed by atoms with Crippen LogP contribution in [0, 0.1) is 0 Å². The quantitative estimate of drug-likeness (QED) is 0.735. The molecular weight excluding hydrogens is 288 g/mol. The van der Waals surface area contributed by atoms with Gasteiger partial charge in [-0.15, -0.1) is 21.5 Å². The Bertz CT molecular complexity index is 717. The Balaban J connectivity index is 1.81. The molecule has 0 amide bonds. The molecule has 20 heavy (non-hydrogen) atoms. The van der Waals surface area contributed by atoms with Gasteiger partial charge >= 0.3 is 0 Å². The molecule has 4 nitrogen and oxygen atoms in total. The van der Waals surface area contributed by atoms with Crippen LogP contribution in [-0.4, -0.2) is 14.8 Å². The molecule has 0 bridgehead atoms. The van der Waals surface area contributed by atoms with E-state index in [1.165, 1.54) is 15.6 Å². The lowest BCUT2D eigenvalue weighted by Crippen LogP contribution is -2.08. The average Bonchev–Trinajstić information content (AvgIpc) is 3.08. The molecule has 2 N–H and O–H groups in total. The predicted molar refractivity (Wildman–Crippen MR) is 85.0 cm³/mol. The number of rotatable bonds is 5. The fourth-order valence-corrected chi connectivity index (χ4v) is 4.26. The van der Waals surface area contributed by atoms with E-state index in [2.05, 4.69) is 51.3 Å². The van der Waals surface area contributed by atoms with Gasteiger partial charge in [0.1, 0.15) is 5.82 Å². The van der Waals surface area contributed by atoms with Crippen LogP contribution in [0.25, 0.3) is 10.1 Å². The second-order valence-electron chi connectivity index (χ2n) is 4.39. The van der Waals surface area contributed by atoms with Crippen molar-refractivity contribution >= 4 is 33.2 Å². The molecule has 6 heteroatoms. The Kier molecular flexibility index (Phi) is 4.05. The van der Waals surface area contributed by atoms with Gasteiger partial charge in [-0.1, -0.05) is 30.0 Å². The Hall–Kier alpha value is -1.37. The van der Waals surface area contributed by atoms with Crippen LogP contribution in [0.3, 0.4) is 0 Å². The smallest absolute Gasteiger partial charge is 0.191 e. The molecular formula is C14H16N4S2. The fourth-order valence-electron chi connectivity index (χ4n) is 2.18. The van der Waals surface area contributed by atoms with Crippen molar-refractivity contribution in [1.29, 1.82) is 0 Å². The minimum atomic E-state index is 0.433. The molecule has 0 atom stereocenters. The molecule has 0 fully saturated rings. The number of aromatic nitrogens is 3. The maximum atomic E-state index is 5.67. The lowest BCUT2D eigenvalue weighted by Gasteiger charge is -2.05. The van der Waals surface area contributed by atoms with E-state index in [0.29, 0.717) is 6.54 Å². The summed E-state index contributed by atoms with van der Waals surface area (Å²) in [5.41, 5.74) is 7.03. The zero-order valence-corrected chi connectivity index (χ0v) is 12.9. The van der Waals surface area contributed by atoms with E-state index in [-0.39, 0.29) is 0 Å². The van der Waals surface area contributed by atoms with Crippen LogP contribution < -0.4 is 5.73 Å². The summed E-state index contributed by atoms with van der Waals surface area (Å²) < 4.78 is 3.42. The monoisotopic (exact) mass is 304 g/mol. The second-order valence-corrected chi connectivity index (χ2v) is 6.25. The summed E-state index contributed by atoms with van der Waals surface area (Å²) in [4.78, 5) is 0. The van der Waals surface area contributed by atoms with E-state index in [0.717, 1.165) is 23.3 Å². The number of fused-ring (bicyclic) bond motifs is 1. The van der Waals surface area contributed by atoms with Crippen molar-refractivity contribution in [3.05, 3.63) is 41.0 Å². The zero-order valence-electron chi connectivity index (χ0n) is 11.2. The second kappa shape index (κ2) is 5.95. The lowest BCUT2D eigenvalue weighted by atomic mass is 10.2. The third-order valence-corrected chi connectivity index (χ3v) is 5.24. The van der Waals surface area contributed by atoms with E-state index in [4.69, 9.17) is 5.73 Å². The Morgan fingerprint density at radius 1 is 1.30 bits per heavy atom. The van der Waals surface area contributed by atoms with Gasteiger partial charge in [0.2, 0.25) is 0 Å². The van der Waals surface area contributed by atoms with Crippen molar-refractivity contribution in [1.82, 2.24) is 14.8 Å². The molecule has 104 valence electrons. The van der Waals surface area contributed by atoms with Gasteiger partial charge in [-0.05, 0) is 29.3 Å². The van der Waals surface area contributed by atoms with Gasteiger partial charge in [0.25, 0.3) is 0 Å².